The molecule has 1 aliphatic rings. The highest BCUT2D eigenvalue weighted by molar-refractivity contribution is 9.10. The maximum Gasteiger partial charge on any atom is 0.277 e. The van der Waals surface area contributed by atoms with Gasteiger partial charge in [-0.2, -0.15) is 0 Å². The van der Waals surface area contributed by atoms with E-state index in [1.54, 1.807) is 0 Å². The molecule has 1 amide bonds. The molecule has 2 atom stereocenters. The summed E-state index contributed by atoms with van der Waals surface area (Å²) in [6.45, 7) is 6.09. The second-order valence-electron chi connectivity index (χ2n) is 6.39. The van der Waals surface area contributed by atoms with Gasteiger partial charge in [-0.15, -0.1) is 10.2 Å². The van der Waals surface area contributed by atoms with Crippen LogP contribution in [0.25, 0.3) is 11.5 Å². The molecule has 2 unspecified atom stereocenters. The first-order chi connectivity index (χ1) is 11.5. The number of halogens is 1. The fourth-order valence-electron chi connectivity index (χ4n) is 3.09. The van der Waals surface area contributed by atoms with Crippen LogP contribution in [0.5, 0.6) is 0 Å². The molecular formula is C17H20BrN3O2S. The summed E-state index contributed by atoms with van der Waals surface area (Å²) >= 11 is 4.77. The van der Waals surface area contributed by atoms with Gasteiger partial charge in [-0.05, 0) is 46.3 Å². The van der Waals surface area contributed by atoms with Crippen LogP contribution >= 0.6 is 27.7 Å². The van der Waals surface area contributed by atoms with Crippen molar-refractivity contribution < 1.29 is 9.21 Å². The summed E-state index contributed by atoms with van der Waals surface area (Å²) in [5, 5.41) is 8.53. The summed E-state index contributed by atoms with van der Waals surface area (Å²) in [6.07, 6.45) is 1.19. The predicted molar refractivity (Wildman–Crippen MR) is 97.7 cm³/mol. The number of likely N-dealkylation sites (tertiary alicyclic amines) is 1. The molecule has 1 saturated heterocycles. The number of piperidine rings is 1. The molecule has 5 nitrogen and oxygen atoms in total. The van der Waals surface area contributed by atoms with Crippen LogP contribution in [0.15, 0.2) is 38.4 Å². The van der Waals surface area contributed by atoms with Gasteiger partial charge in [-0.25, -0.2) is 0 Å². The van der Waals surface area contributed by atoms with Gasteiger partial charge in [0, 0.05) is 17.6 Å². The van der Waals surface area contributed by atoms with E-state index < -0.39 is 0 Å². The van der Waals surface area contributed by atoms with Gasteiger partial charge in [0.15, 0.2) is 0 Å². The van der Waals surface area contributed by atoms with Gasteiger partial charge < -0.3 is 9.32 Å². The Labute approximate surface area is 154 Å². The Morgan fingerprint density at radius 2 is 2.00 bits per heavy atom. The third kappa shape index (κ3) is 4.19. The molecule has 2 heterocycles. The molecule has 0 saturated carbocycles. The maximum absolute atomic E-state index is 12.4. The molecule has 128 valence electrons. The molecule has 24 heavy (non-hydrogen) atoms. The van der Waals surface area contributed by atoms with Crippen molar-refractivity contribution in [3.05, 3.63) is 28.7 Å². The monoisotopic (exact) mass is 409 g/mol. The zero-order chi connectivity index (χ0) is 17.1. The highest BCUT2D eigenvalue weighted by Crippen LogP contribution is 2.29. The molecule has 3 rings (SSSR count). The summed E-state index contributed by atoms with van der Waals surface area (Å²) in [6, 6.07) is 7.68. The molecule has 2 aromatic rings. The van der Waals surface area contributed by atoms with Gasteiger partial charge in [-0.1, -0.05) is 37.7 Å². The van der Waals surface area contributed by atoms with Crippen LogP contribution in [-0.4, -0.2) is 39.8 Å². The fraction of sp³-hybridized carbons (Fsp3) is 0.471. The molecule has 0 aliphatic carbocycles. The van der Waals surface area contributed by atoms with E-state index in [0.29, 0.717) is 28.7 Å². The predicted octanol–water partition coefficient (Wildman–Crippen LogP) is 4.10. The lowest BCUT2D eigenvalue weighted by Gasteiger charge is -2.34. The smallest absolute Gasteiger partial charge is 0.277 e. The van der Waals surface area contributed by atoms with Gasteiger partial charge in [0.1, 0.15) is 0 Å². The van der Waals surface area contributed by atoms with Crippen LogP contribution in [0.4, 0.5) is 0 Å². The first kappa shape index (κ1) is 17.5. The molecule has 0 bridgehead atoms. The minimum absolute atomic E-state index is 0.138. The van der Waals surface area contributed by atoms with E-state index in [2.05, 4.69) is 40.0 Å². The van der Waals surface area contributed by atoms with Crippen LogP contribution in [0, 0.1) is 11.8 Å². The van der Waals surface area contributed by atoms with Gasteiger partial charge in [0.2, 0.25) is 11.8 Å². The lowest BCUT2D eigenvalue weighted by atomic mass is 9.92. The number of rotatable bonds is 4. The summed E-state index contributed by atoms with van der Waals surface area (Å²) in [4.78, 5) is 14.4. The van der Waals surface area contributed by atoms with Crippen molar-refractivity contribution in [2.75, 3.05) is 18.8 Å². The van der Waals surface area contributed by atoms with Crippen molar-refractivity contribution in [2.45, 2.75) is 25.5 Å². The molecule has 1 aliphatic heterocycles. The molecule has 1 aromatic carbocycles. The van der Waals surface area contributed by atoms with Crippen molar-refractivity contribution in [1.29, 1.82) is 0 Å². The van der Waals surface area contributed by atoms with Crippen LogP contribution in [0.1, 0.15) is 20.3 Å². The Kier molecular flexibility index (Phi) is 5.61. The maximum atomic E-state index is 12.4. The van der Waals surface area contributed by atoms with Crippen molar-refractivity contribution >= 4 is 33.6 Å². The van der Waals surface area contributed by atoms with E-state index in [-0.39, 0.29) is 5.91 Å². The second kappa shape index (κ2) is 7.70. The zero-order valence-electron chi connectivity index (χ0n) is 13.7. The van der Waals surface area contributed by atoms with Crippen molar-refractivity contribution in [3.8, 4) is 11.5 Å². The molecule has 7 heteroatoms. The molecule has 0 spiro atoms. The van der Waals surface area contributed by atoms with Gasteiger partial charge in [0.25, 0.3) is 5.22 Å². The number of thioether (sulfide) groups is 1. The number of benzene rings is 1. The summed E-state index contributed by atoms with van der Waals surface area (Å²) in [5.41, 5.74) is 0.849. The first-order valence-corrected chi connectivity index (χ1v) is 9.79. The first-order valence-electron chi connectivity index (χ1n) is 8.02. The van der Waals surface area contributed by atoms with E-state index in [4.69, 9.17) is 4.42 Å². The zero-order valence-corrected chi connectivity index (χ0v) is 16.1. The van der Waals surface area contributed by atoms with Gasteiger partial charge in [-0.3, -0.25) is 4.79 Å². The van der Waals surface area contributed by atoms with Crippen LogP contribution < -0.4 is 0 Å². The second-order valence-corrected chi connectivity index (χ2v) is 8.17. The quantitative estimate of drug-likeness (QED) is 0.711. The Hall–Kier alpha value is -1.34. The lowest BCUT2D eigenvalue weighted by Crippen LogP contribution is -2.43. The molecule has 0 N–H and O–H groups in total. The number of nitrogens with zero attached hydrogens (tertiary/aromatic N) is 3. The van der Waals surface area contributed by atoms with Crippen molar-refractivity contribution in [1.82, 2.24) is 15.1 Å². The van der Waals surface area contributed by atoms with Crippen LogP contribution in [0.2, 0.25) is 0 Å². The molecular weight excluding hydrogens is 390 g/mol. The normalized spacial score (nSPS) is 21.0. The van der Waals surface area contributed by atoms with Crippen molar-refractivity contribution in [2.24, 2.45) is 11.8 Å². The number of amides is 1. The topological polar surface area (TPSA) is 59.2 Å². The summed E-state index contributed by atoms with van der Waals surface area (Å²) < 4.78 is 6.57. The van der Waals surface area contributed by atoms with Gasteiger partial charge in [0.05, 0.1) is 11.3 Å². The molecule has 1 fully saturated rings. The van der Waals surface area contributed by atoms with Crippen LogP contribution in [-0.2, 0) is 4.79 Å². The van der Waals surface area contributed by atoms with E-state index >= 15 is 0 Å². The number of carbonyl (C=O) groups is 1. The average molecular weight is 410 g/mol. The Morgan fingerprint density at radius 3 is 2.71 bits per heavy atom. The minimum Gasteiger partial charge on any atom is -0.411 e. The minimum atomic E-state index is 0.138. The number of hydrogen-bond acceptors (Lipinski definition) is 5. The highest BCUT2D eigenvalue weighted by atomic mass is 79.9. The Bertz CT molecular complexity index is 711. The molecule has 0 radical (unpaired) electrons. The average Bonchev–Trinajstić information content (AvgIpc) is 3.01. The number of hydrogen-bond donors (Lipinski definition) is 0. The largest absolute Gasteiger partial charge is 0.411 e. The van der Waals surface area contributed by atoms with E-state index in [1.165, 1.54) is 18.2 Å². The number of carbonyl (C=O) groups excluding carboxylic acids is 1. The lowest BCUT2D eigenvalue weighted by molar-refractivity contribution is -0.130. The van der Waals surface area contributed by atoms with E-state index in [9.17, 15) is 4.79 Å². The SMILES string of the molecule is CC1CC(C)CN(C(=O)CSc2nnc(-c3ccccc3Br)o2)C1. The summed E-state index contributed by atoms with van der Waals surface area (Å²) in [5.74, 6) is 2.05. The van der Waals surface area contributed by atoms with E-state index in [0.717, 1.165) is 23.1 Å². The number of aromatic nitrogens is 2. The Morgan fingerprint density at radius 1 is 1.29 bits per heavy atom. The standard InChI is InChI=1S/C17H20BrN3O2S/c1-11-7-12(2)9-21(8-11)15(22)10-24-17-20-19-16(23-17)13-5-3-4-6-14(13)18/h3-6,11-12H,7-10H2,1-2H3. The summed E-state index contributed by atoms with van der Waals surface area (Å²) in [7, 11) is 0. The molecule has 1 aromatic heterocycles. The fourth-order valence-corrected chi connectivity index (χ4v) is 4.21. The van der Waals surface area contributed by atoms with E-state index in [1.807, 2.05) is 29.2 Å². The highest BCUT2D eigenvalue weighted by Gasteiger charge is 2.25. The van der Waals surface area contributed by atoms with Crippen LogP contribution in [0.3, 0.4) is 0 Å². The van der Waals surface area contributed by atoms with Crippen molar-refractivity contribution in [3.63, 3.8) is 0 Å². The van der Waals surface area contributed by atoms with Gasteiger partial charge >= 0.3 is 0 Å². The third-order valence-corrected chi connectivity index (χ3v) is 5.55. The Balaban J connectivity index is 1.59. The third-order valence-electron chi connectivity index (χ3n) is 4.05.